The minimum Gasteiger partial charge on any atom is -0.505 e. The van der Waals surface area contributed by atoms with Gasteiger partial charge >= 0.3 is 6.18 Å². The zero-order chi connectivity index (χ0) is 22.6. The third-order valence-corrected chi connectivity index (χ3v) is 5.16. The highest BCUT2D eigenvalue weighted by atomic mass is 35.5. The average Bonchev–Trinajstić information content (AvgIpc) is 3.12. The van der Waals surface area contributed by atoms with Crippen molar-refractivity contribution in [2.24, 2.45) is 5.10 Å². The van der Waals surface area contributed by atoms with Crippen molar-refractivity contribution < 1.29 is 23.1 Å². The van der Waals surface area contributed by atoms with E-state index in [2.05, 4.69) is 20.8 Å². The van der Waals surface area contributed by atoms with E-state index in [0.29, 0.717) is 16.4 Å². The molecule has 0 fully saturated rings. The van der Waals surface area contributed by atoms with E-state index >= 15 is 0 Å². The summed E-state index contributed by atoms with van der Waals surface area (Å²) in [6.07, 6.45) is -3.23. The molecule has 0 atom stereocenters. The van der Waals surface area contributed by atoms with Crippen LogP contribution in [0.3, 0.4) is 0 Å². The van der Waals surface area contributed by atoms with Gasteiger partial charge in [-0.1, -0.05) is 29.3 Å². The number of amides is 1. The lowest BCUT2D eigenvalue weighted by Crippen LogP contribution is -2.19. The Hall–Kier alpha value is -2.82. The minimum absolute atomic E-state index is 0.0450. The predicted octanol–water partition coefficient (Wildman–Crippen LogP) is 5.61. The van der Waals surface area contributed by atoms with Crippen molar-refractivity contribution >= 4 is 57.5 Å². The molecular weight excluding hydrogens is 476 g/mol. The molecule has 3 aromatic rings. The molecule has 0 spiro atoms. The molecule has 3 rings (SSSR count). The van der Waals surface area contributed by atoms with E-state index in [0.717, 1.165) is 23.5 Å². The Bertz CT molecular complexity index is 1110. The second-order valence-corrected chi connectivity index (χ2v) is 7.82. The first-order valence-electron chi connectivity index (χ1n) is 8.50. The maximum Gasteiger partial charge on any atom is 0.416 e. The number of halogens is 5. The number of alkyl halides is 3. The first-order valence-corrected chi connectivity index (χ1v) is 10.1. The topological polar surface area (TPSA) is 86.6 Å². The van der Waals surface area contributed by atoms with Gasteiger partial charge in [0.1, 0.15) is 0 Å². The standard InChI is InChI=1S/C19H13Cl2F3N4O2S/c20-14-4-10(5-15(21)17(14)30)8-25-28-16(29)7-13-9-31-18(27-13)26-12-3-1-2-11(6-12)19(22,23)24/h1-6,8-9,30H,7H2,(H,26,27)(H,28,29). The van der Waals surface area contributed by atoms with Crippen LogP contribution in [0.5, 0.6) is 5.75 Å². The summed E-state index contributed by atoms with van der Waals surface area (Å²) >= 11 is 12.8. The SMILES string of the molecule is O=C(Cc1csc(Nc2cccc(C(F)(F)F)c2)n1)NN=Cc1cc(Cl)c(O)c(Cl)c1. The van der Waals surface area contributed by atoms with Gasteiger partial charge in [-0.15, -0.1) is 11.3 Å². The molecule has 1 aromatic heterocycles. The molecule has 1 heterocycles. The van der Waals surface area contributed by atoms with Crippen molar-refractivity contribution in [3.05, 3.63) is 68.6 Å². The summed E-state index contributed by atoms with van der Waals surface area (Å²) in [4.78, 5) is 16.2. The van der Waals surface area contributed by atoms with Gasteiger partial charge in [-0.05, 0) is 35.9 Å². The predicted molar refractivity (Wildman–Crippen MR) is 114 cm³/mol. The van der Waals surface area contributed by atoms with E-state index in [4.69, 9.17) is 23.2 Å². The number of hydrazone groups is 1. The van der Waals surface area contributed by atoms with Crippen molar-refractivity contribution in [1.29, 1.82) is 0 Å². The van der Waals surface area contributed by atoms with Gasteiger partial charge in [-0.3, -0.25) is 4.79 Å². The van der Waals surface area contributed by atoms with Crippen LogP contribution in [0.4, 0.5) is 24.0 Å². The quantitative estimate of drug-likeness (QED) is 0.310. The minimum atomic E-state index is -4.44. The molecule has 0 bridgehead atoms. The summed E-state index contributed by atoms with van der Waals surface area (Å²) in [7, 11) is 0. The Morgan fingerprint density at radius 1 is 1.23 bits per heavy atom. The Morgan fingerprint density at radius 2 is 1.94 bits per heavy atom. The number of carbonyl (C=O) groups is 1. The molecule has 0 aliphatic rings. The van der Waals surface area contributed by atoms with Crippen LogP contribution in [0.25, 0.3) is 0 Å². The lowest BCUT2D eigenvalue weighted by atomic mass is 10.2. The van der Waals surface area contributed by atoms with Crippen LogP contribution in [-0.4, -0.2) is 22.2 Å². The highest BCUT2D eigenvalue weighted by molar-refractivity contribution is 7.13. The number of phenolic OH excluding ortho intramolecular Hbond substituents is 1. The molecule has 6 nitrogen and oxygen atoms in total. The van der Waals surface area contributed by atoms with Crippen LogP contribution in [0.2, 0.25) is 10.0 Å². The van der Waals surface area contributed by atoms with Crippen molar-refractivity contribution in [3.8, 4) is 5.75 Å². The molecule has 0 radical (unpaired) electrons. The highest BCUT2D eigenvalue weighted by Gasteiger charge is 2.30. The summed E-state index contributed by atoms with van der Waals surface area (Å²) in [5, 5.41) is 18.1. The Balaban J connectivity index is 1.57. The number of benzene rings is 2. The molecule has 31 heavy (non-hydrogen) atoms. The summed E-state index contributed by atoms with van der Waals surface area (Å²) < 4.78 is 38.4. The van der Waals surface area contributed by atoms with Crippen molar-refractivity contribution in [2.45, 2.75) is 12.6 Å². The molecule has 0 saturated heterocycles. The molecule has 12 heteroatoms. The number of aromatic nitrogens is 1. The molecule has 3 N–H and O–H groups in total. The van der Waals surface area contributed by atoms with Gasteiger partial charge in [-0.25, -0.2) is 10.4 Å². The van der Waals surface area contributed by atoms with Crippen LogP contribution in [-0.2, 0) is 17.4 Å². The fraction of sp³-hybridized carbons (Fsp3) is 0.105. The first kappa shape index (κ1) is 22.9. The largest absolute Gasteiger partial charge is 0.505 e. The smallest absolute Gasteiger partial charge is 0.416 e. The van der Waals surface area contributed by atoms with Gasteiger partial charge < -0.3 is 10.4 Å². The van der Waals surface area contributed by atoms with Crippen LogP contribution in [0, 0.1) is 0 Å². The van der Waals surface area contributed by atoms with E-state index < -0.39 is 17.6 Å². The van der Waals surface area contributed by atoms with Crippen LogP contribution in [0.15, 0.2) is 46.9 Å². The number of carbonyl (C=O) groups excluding carboxylic acids is 1. The van der Waals surface area contributed by atoms with Crippen LogP contribution >= 0.6 is 34.5 Å². The number of nitrogens with zero attached hydrogens (tertiary/aromatic N) is 2. The summed E-state index contributed by atoms with van der Waals surface area (Å²) in [5.41, 5.74) is 2.66. The van der Waals surface area contributed by atoms with Crippen LogP contribution in [0.1, 0.15) is 16.8 Å². The average molecular weight is 489 g/mol. The van der Waals surface area contributed by atoms with Gasteiger partial charge in [0.25, 0.3) is 0 Å². The van der Waals surface area contributed by atoms with E-state index in [1.54, 1.807) is 5.38 Å². The fourth-order valence-electron chi connectivity index (χ4n) is 2.38. The molecule has 162 valence electrons. The zero-order valence-corrected chi connectivity index (χ0v) is 17.7. The number of hydrogen-bond donors (Lipinski definition) is 3. The van der Waals surface area contributed by atoms with Gasteiger partial charge in [0.05, 0.1) is 33.9 Å². The fourth-order valence-corrected chi connectivity index (χ4v) is 3.62. The van der Waals surface area contributed by atoms with Crippen LogP contribution < -0.4 is 10.7 Å². The first-order chi connectivity index (χ1) is 14.6. The molecule has 1 amide bonds. The number of aromatic hydroxyl groups is 1. The van der Waals surface area contributed by atoms with E-state index in [1.165, 1.54) is 30.5 Å². The molecule has 0 aliphatic heterocycles. The third kappa shape index (κ3) is 6.33. The Morgan fingerprint density at radius 3 is 2.61 bits per heavy atom. The van der Waals surface area contributed by atoms with Gasteiger partial charge in [0.2, 0.25) is 5.91 Å². The van der Waals surface area contributed by atoms with Gasteiger partial charge in [0, 0.05) is 11.1 Å². The number of nitrogens with one attached hydrogen (secondary N) is 2. The van der Waals surface area contributed by atoms with E-state index in [-0.39, 0.29) is 27.9 Å². The lowest BCUT2D eigenvalue weighted by molar-refractivity contribution is -0.137. The molecule has 0 unspecified atom stereocenters. The number of rotatable bonds is 6. The Kier molecular flexibility index (Phi) is 7.04. The van der Waals surface area contributed by atoms with Gasteiger partial charge in [0.15, 0.2) is 10.9 Å². The van der Waals surface area contributed by atoms with E-state index in [9.17, 15) is 23.1 Å². The highest BCUT2D eigenvalue weighted by Crippen LogP contribution is 2.33. The van der Waals surface area contributed by atoms with Crippen molar-refractivity contribution in [1.82, 2.24) is 10.4 Å². The number of phenols is 1. The molecular formula is C19H13Cl2F3N4O2S. The summed E-state index contributed by atoms with van der Waals surface area (Å²) in [5.74, 6) is -0.703. The number of anilines is 2. The maximum absolute atomic E-state index is 12.8. The van der Waals surface area contributed by atoms with Crippen molar-refractivity contribution in [3.63, 3.8) is 0 Å². The summed E-state index contributed by atoms with van der Waals surface area (Å²) in [6.45, 7) is 0. The second kappa shape index (κ2) is 9.54. The molecule has 0 aliphatic carbocycles. The van der Waals surface area contributed by atoms with Crippen molar-refractivity contribution in [2.75, 3.05) is 5.32 Å². The van der Waals surface area contributed by atoms with Gasteiger partial charge in [-0.2, -0.15) is 18.3 Å². The monoisotopic (exact) mass is 488 g/mol. The second-order valence-electron chi connectivity index (χ2n) is 6.15. The van der Waals surface area contributed by atoms with E-state index in [1.807, 2.05) is 0 Å². The molecule has 0 saturated carbocycles. The Labute approximate surface area is 188 Å². The number of thiazole rings is 1. The third-order valence-electron chi connectivity index (χ3n) is 3.78. The lowest BCUT2D eigenvalue weighted by Gasteiger charge is -2.08. The normalized spacial score (nSPS) is 11.6. The zero-order valence-electron chi connectivity index (χ0n) is 15.4. The maximum atomic E-state index is 12.8. The summed E-state index contributed by atoms with van der Waals surface area (Å²) in [6, 6.07) is 7.57. The molecule has 2 aromatic carbocycles. The number of hydrogen-bond acceptors (Lipinski definition) is 6.